The second-order valence-corrected chi connectivity index (χ2v) is 8.37. The van der Waals surface area contributed by atoms with E-state index in [9.17, 15) is 0 Å². The Morgan fingerprint density at radius 1 is 1.12 bits per heavy atom. The molecule has 1 heterocycles. The van der Waals surface area contributed by atoms with E-state index in [1.54, 1.807) is 0 Å². The minimum atomic E-state index is 0.341. The average molecular weight is 459 g/mol. The Labute approximate surface area is 127 Å². The molecule has 0 bridgehead atoms. The first-order chi connectivity index (χ1) is 7.86. The van der Waals surface area contributed by atoms with Gasteiger partial charge in [0, 0.05) is 20.7 Å². The van der Waals surface area contributed by atoms with Gasteiger partial charge in [-0.05, 0) is 29.4 Å². The molecule has 1 aromatic carbocycles. The summed E-state index contributed by atoms with van der Waals surface area (Å²) in [7, 11) is 0.341. The van der Waals surface area contributed by atoms with Crippen LogP contribution in [0.2, 0.25) is 0 Å². The van der Waals surface area contributed by atoms with Crippen molar-refractivity contribution in [2.75, 3.05) is 19.6 Å². The van der Waals surface area contributed by atoms with Gasteiger partial charge in [0.2, 0.25) is 0 Å². The second kappa shape index (κ2) is 6.58. The normalized spacial score (nSPS) is 18.4. The molecular weight excluding hydrogens is 444 g/mol. The maximum absolute atomic E-state index is 2.49. The molecule has 1 aliphatic heterocycles. The lowest BCUT2D eigenvalue weighted by molar-refractivity contribution is 0.813. The van der Waals surface area contributed by atoms with Gasteiger partial charge in [0.15, 0.2) is 0 Å². The molecule has 0 amide bonds. The molecule has 0 radical (unpaired) electrons. The molecule has 2 rings (SSSR count). The summed E-state index contributed by atoms with van der Waals surface area (Å²) in [5.74, 6) is 0. The molecule has 0 N–H and O–H groups in total. The molecular formula is C12H15I2NS. The number of para-hydroxylation sites is 1. The Bertz CT molecular complexity index is 392. The number of nitrogens with zero attached hydrogens (tertiary/aromatic N) is 1. The monoisotopic (exact) mass is 459 g/mol. The predicted molar refractivity (Wildman–Crippen MR) is 92.7 cm³/mol. The van der Waals surface area contributed by atoms with E-state index in [-0.39, 0.29) is 0 Å². The van der Waals surface area contributed by atoms with Crippen molar-refractivity contribution in [1.29, 1.82) is 0 Å². The quantitative estimate of drug-likeness (QED) is 0.272. The van der Waals surface area contributed by atoms with Crippen LogP contribution in [0.25, 0.3) is 0 Å². The highest BCUT2D eigenvalue weighted by atomic mass is 127. The molecule has 0 aliphatic carbocycles. The van der Waals surface area contributed by atoms with E-state index in [1.165, 1.54) is 38.2 Å². The first kappa shape index (κ1) is 13.1. The van der Waals surface area contributed by atoms with Crippen molar-refractivity contribution in [3.63, 3.8) is 0 Å². The third kappa shape index (κ3) is 2.93. The van der Waals surface area contributed by atoms with E-state index in [1.807, 2.05) is 0 Å². The number of benzene rings is 1. The maximum Gasteiger partial charge on any atom is 0.0544 e. The third-order valence-corrected chi connectivity index (χ3v) is 7.04. The Morgan fingerprint density at radius 2 is 1.94 bits per heavy atom. The van der Waals surface area contributed by atoms with Crippen molar-refractivity contribution < 1.29 is 0 Å². The molecule has 0 spiro atoms. The number of hydrogen-bond donors (Lipinski definition) is 0. The summed E-state index contributed by atoms with van der Waals surface area (Å²) < 4.78 is 2.48. The van der Waals surface area contributed by atoms with Crippen LogP contribution < -0.4 is 4.90 Å². The van der Waals surface area contributed by atoms with Gasteiger partial charge in [-0.3, -0.25) is 0 Å². The first-order valence-corrected chi connectivity index (χ1v) is 9.90. The van der Waals surface area contributed by atoms with Gasteiger partial charge < -0.3 is 4.90 Å². The minimum Gasteiger partial charge on any atom is -0.342 e. The fraction of sp³-hybridized carbons (Fsp3) is 0.417. The number of hydrogen-bond acceptors (Lipinski definition) is 1. The zero-order valence-electron chi connectivity index (χ0n) is 9.03. The number of fused-ring (bicyclic) bond motifs is 1. The fourth-order valence-corrected chi connectivity index (χ4v) is 5.37. The van der Waals surface area contributed by atoms with Crippen LogP contribution in [-0.4, -0.2) is 20.2 Å². The lowest BCUT2D eigenvalue weighted by Gasteiger charge is -2.16. The Kier molecular flexibility index (Phi) is 5.41. The van der Waals surface area contributed by atoms with Crippen LogP contribution in [0.15, 0.2) is 29.2 Å². The molecule has 1 nitrogen and oxygen atoms in total. The number of unbranched alkanes of at least 4 members (excludes halogenated alkanes) is 1. The van der Waals surface area contributed by atoms with Gasteiger partial charge in [-0.25, -0.2) is 0 Å². The van der Waals surface area contributed by atoms with Crippen LogP contribution >= 0.6 is 55.7 Å². The van der Waals surface area contributed by atoms with Gasteiger partial charge >= 0.3 is 0 Å². The Hall–Kier alpha value is 0.700. The standard InChI is InChI=1S/C12H15I2NS/c13-7-3-4-8-15-10-16(9-14)12-6-2-1-5-11(12)15/h1-2,5-6,10H,3-4,7-9H2. The van der Waals surface area contributed by atoms with Crippen molar-refractivity contribution in [2.45, 2.75) is 17.7 Å². The fourth-order valence-electron chi connectivity index (χ4n) is 1.82. The van der Waals surface area contributed by atoms with E-state index in [0.29, 0.717) is 10.5 Å². The SMILES string of the molecule is ICCCCN1C=S(CI)c2ccccc21. The van der Waals surface area contributed by atoms with E-state index >= 15 is 0 Å². The Balaban J connectivity index is 2.13. The smallest absolute Gasteiger partial charge is 0.0544 e. The molecule has 0 fully saturated rings. The van der Waals surface area contributed by atoms with Gasteiger partial charge in [-0.15, -0.1) is 10.5 Å². The molecule has 1 atom stereocenters. The predicted octanol–water partition coefficient (Wildman–Crippen LogP) is 4.50. The molecule has 88 valence electrons. The first-order valence-electron chi connectivity index (χ1n) is 5.39. The van der Waals surface area contributed by atoms with Crippen molar-refractivity contribution in [1.82, 2.24) is 0 Å². The van der Waals surface area contributed by atoms with Crippen molar-refractivity contribution in [3.05, 3.63) is 24.3 Å². The highest BCUT2D eigenvalue weighted by Crippen LogP contribution is 2.41. The summed E-state index contributed by atoms with van der Waals surface area (Å²) in [6.07, 6.45) is 2.62. The van der Waals surface area contributed by atoms with E-state index < -0.39 is 0 Å². The van der Waals surface area contributed by atoms with Gasteiger partial charge in [0.1, 0.15) is 0 Å². The summed E-state index contributed by atoms with van der Waals surface area (Å²) in [6.45, 7) is 1.18. The summed E-state index contributed by atoms with van der Waals surface area (Å²) >= 11 is 4.95. The summed E-state index contributed by atoms with van der Waals surface area (Å²) in [5, 5.41) is 0. The third-order valence-electron chi connectivity index (χ3n) is 2.61. The van der Waals surface area contributed by atoms with Gasteiger partial charge in [-0.1, -0.05) is 57.3 Å². The topological polar surface area (TPSA) is 3.24 Å². The number of alkyl halides is 2. The van der Waals surface area contributed by atoms with Gasteiger partial charge in [0.05, 0.1) is 5.69 Å². The lowest BCUT2D eigenvalue weighted by Crippen LogP contribution is -2.19. The molecule has 0 saturated carbocycles. The van der Waals surface area contributed by atoms with Crippen LogP contribution in [0, 0.1) is 0 Å². The molecule has 1 aliphatic rings. The van der Waals surface area contributed by atoms with Crippen molar-refractivity contribution in [3.8, 4) is 0 Å². The number of halogens is 2. The highest BCUT2D eigenvalue weighted by Gasteiger charge is 2.17. The average Bonchev–Trinajstić information content (AvgIpc) is 2.68. The van der Waals surface area contributed by atoms with Crippen molar-refractivity contribution in [2.24, 2.45) is 0 Å². The molecule has 0 aromatic heterocycles. The second-order valence-electron chi connectivity index (χ2n) is 3.70. The highest BCUT2D eigenvalue weighted by molar-refractivity contribution is 14.1. The van der Waals surface area contributed by atoms with Crippen LogP contribution in [-0.2, 0) is 0 Å². The van der Waals surface area contributed by atoms with E-state index in [0.717, 1.165) is 0 Å². The summed E-state index contributed by atoms with van der Waals surface area (Å²) in [4.78, 5) is 4.00. The van der Waals surface area contributed by atoms with E-state index in [4.69, 9.17) is 0 Å². The van der Waals surface area contributed by atoms with Gasteiger partial charge in [-0.2, -0.15) is 0 Å². The molecule has 16 heavy (non-hydrogen) atoms. The number of anilines is 1. The zero-order chi connectivity index (χ0) is 11.4. The zero-order valence-corrected chi connectivity index (χ0v) is 14.2. The van der Waals surface area contributed by atoms with Crippen LogP contribution in [0.3, 0.4) is 0 Å². The molecule has 4 heteroatoms. The summed E-state index contributed by atoms with van der Waals surface area (Å²) in [6, 6.07) is 8.85. The summed E-state index contributed by atoms with van der Waals surface area (Å²) in [5.41, 5.74) is 3.88. The Morgan fingerprint density at radius 3 is 2.69 bits per heavy atom. The van der Waals surface area contributed by atoms with Crippen molar-refractivity contribution >= 4 is 66.8 Å². The molecule has 1 aromatic rings. The van der Waals surface area contributed by atoms with Crippen LogP contribution in [0.5, 0.6) is 0 Å². The van der Waals surface area contributed by atoms with Crippen LogP contribution in [0.1, 0.15) is 12.8 Å². The maximum atomic E-state index is 2.49. The van der Waals surface area contributed by atoms with E-state index in [2.05, 4.69) is 79.8 Å². The van der Waals surface area contributed by atoms with Gasteiger partial charge in [0.25, 0.3) is 0 Å². The molecule has 1 unspecified atom stereocenters. The largest absolute Gasteiger partial charge is 0.342 e. The molecule has 0 saturated heterocycles. The van der Waals surface area contributed by atoms with Crippen LogP contribution in [0.4, 0.5) is 5.69 Å². The number of rotatable bonds is 5. The lowest BCUT2D eigenvalue weighted by atomic mass is 10.2. The minimum absolute atomic E-state index is 0.341.